The van der Waals surface area contributed by atoms with Gasteiger partial charge in [0, 0.05) is 36.1 Å². The summed E-state index contributed by atoms with van der Waals surface area (Å²) in [5.41, 5.74) is 2.20. The van der Waals surface area contributed by atoms with Crippen LogP contribution in [0.4, 0.5) is 0 Å². The summed E-state index contributed by atoms with van der Waals surface area (Å²) in [5.74, 6) is 0. The summed E-state index contributed by atoms with van der Waals surface area (Å²) in [6, 6.07) is 2.05. The lowest BCUT2D eigenvalue weighted by molar-refractivity contribution is 0.419. The Morgan fingerprint density at radius 2 is 2.10 bits per heavy atom. The summed E-state index contributed by atoms with van der Waals surface area (Å²) in [4.78, 5) is 5.60. The van der Waals surface area contributed by atoms with Crippen LogP contribution in [0, 0.1) is 0 Å². The molecule has 0 aliphatic carbocycles. The van der Waals surface area contributed by atoms with E-state index >= 15 is 0 Å². The van der Waals surface area contributed by atoms with E-state index in [1.807, 2.05) is 26.9 Å². The molecule has 3 aromatic rings. The second kappa shape index (κ2) is 5.03. The Labute approximate surface area is 122 Å². The van der Waals surface area contributed by atoms with Gasteiger partial charge >= 0.3 is 0 Å². The molecule has 0 bridgehead atoms. The predicted molar refractivity (Wildman–Crippen MR) is 81.0 cm³/mol. The molecule has 20 heavy (non-hydrogen) atoms. The van der Waals surface area contributed by atoms with Gasteiger partial charge in [0.15, 0.2) is 4.96 Å². The third-order valence-corrected chi connectivity index (χ3v) is 3.73. The average molecular weight is 289 g/mol. The smallest absolute Gasteiger partial charge is 0.193 e. The maximum atomic E-state index is 4.57. The Bertz CT molecular complexity index is 672. The van der Waals surface area contributed by atoms with Crippen LogP contribution < -0.4 is 5.32 Å². The van der Waals surface area contributed by atoms with Gasteiger partial charge in [-0.1, -0.05) is 0 Å². The second-order valence-corrected chi connectivity index (χ2v) is 6.81. The van der Waals surface area contributed by atoms with Crippen LogP contribution in [0.5, 0.6) is 0 Å². The van der Waals surface area contributed by atoms with E-state index in [1.54, 1.807) is 11.3 Å². The fourth-order valence-electron chi connectivity index (χ4n) is 1.96. The molecule has 0 atom stereocenters. The first-order chi connectivity index (χ1) is 9.49. The summed E-state index contributed by atoms with van der Waals surface area (Å²) in [6.07, 6.45) is 6.09. The fraction of sp³-hybridized carbons (Fsp3) is 0.429. The summed E-state index contributed by atoms with van der Waals surface area (Å²) >= 11 is 1.65. The molecule has 106 valence electrons. The van der Waals surface area contributed by atoms with Crippen molar-refractivity contribution < 1.29 is 0 Å². The van der Waals surface area contributed by atoms with Gasteiger partial charge in [-0.05, 0) is 26.8 Å². The first-order valence-corrected chi connectivity index (χ1v) is 7.56. The number of hydrogen-bond acceptors (Lipinski definition) is 4. The molecule has 3 heterocycles. The van der Waals surface area contributed by atoms with E-state index in [0.717, 1.165) is 22.9 Å². The first kappa shape index (κ1) is 13.3. The highest BCUT2D eigenvalue weighted by molar-refractivity contribution is 7.15. The van der Waals surface area contributed by atoms with Crippen molar-refractivity contribution in [1.29, 1.82) is 0 Å². The maximum absolute atomic E-state index is 4.57. The average Bonchev–Trinajstić information content (AvgIpc) is 3.01. The van der Waals surface area contributed by atoms with E-state index in [9.17, 15) is 0 Å². The molecule has 0 radical (unpaired) electrons. The Morgan fingerprint density at radius 1 is 1.25 bits per heavy atom. The van der Waals surface area contributed by atoms with Crippen LogP contribution in [0.1, 0.15) is 32.2 Å². The molecule has 0 saturated heterocycles. The minimum Gasteiger partial charge on any atom is -0.306 e. The van der Waals surface area contributed by atoms with E-state index in [4.69, 9.17) is 0 Å². The van der Waals surface area contributed by atoms with Crippen LogP contribution in [0.15, 0.2) is 30.0 Å². The Balaban J connectivity index is 1.66. The van der Waals surface area contributed by atoms with Gasteiger partial charge in [-0.15, -0.1) is 11.3 Å². The number of nitrogens with zero attached hydrogens (tertiary/aromatic N) is 4. The highest BCUT2D eigenvalue weighted by Gasteiger charge is 2.10. The van der Waals surface area contributed by atoms with Crippen molar-refractivity contribution in [2.75, 3.05) is 0 Å². The molecule has 0 aromatic carbocycles. The summed E-state index contributed by atoms with van der Waals surface area (Å²) in [7, 11) is 0. The normalized spacial score (nSPS) is 12.3. The van der Waals surface area contributed by atoms with Gasteiger partial charge in [0.2, 0.25) is 0 Å². The Morgan fingerprint density at radius 3 is 2.85 bits per heavy atom. The van der Waals surface area contributed by atoms with Gasteiger partial charge < -0.3 is 5.32 Å². The van der Waals surface area contributed by atoms with Gasteiger partial charge in [-0.25, -0.2) is 4.98 Å². The van der Waals surface area contributed by atoms with Crippen molar-refractivity contribution in [2.45, 2.75) is 39.4 Å². The molecule has 6 heteroatoms. The van der Waals surface area contributed by atoms with E-state index in [1.165, 1.54) is 0 Å². The third kappa shape index (κ3) is 3.08. The molecule has 0 saturated carbocycles. The molecule has 5 nitrogen and oxygen atoms in total. The number of fused-ring (bicyclic) bond motifs is 1. The Hall–Kier alpha value is -1.66. The molecular weight excluding hydrogens is 270 g/mol. The highest BCUT2D eigenvalue weighted by atomic mass is 32.1. The molecular formula is C14H19N5S. The zero-order chi connectivity index (χ0) is 14.2. The van der Waals surface area contributed by atoms with Crippen molar-refractivity contribution in [2.24, 2.45) is 0 Å². The quantitative estimate of drug-likeness (QED) is 0.803. The van der Waals surface area contributed by atoms with Gasteiger partial charge in [-0.3, -0.25) is 9.08 Å². The van der Waals surface area contributed by atoms with Crippen molar-refractivity contribution in [3.05, 3.63) is 41.4 Å². The maximum Gasteiger partial charge on any atom is 0.193 e. The second-order valence-electron chi connectivity index (χ2n) is 5.93. The van der Waals surface area contributed by atoms with Crippen molar-refractivity contribution >= 4 is 16.3 Å². The van der Waals surface area contributed by atoms with Gasteiger partial charge in [0.1, 0.15) is 0 Å². The zero-order valence-corrected chi connectivity index (χ0v) is 12.8. The van der Waals surface area contributed by atoms with Crippen molar-refractivity contribution in [1.82, 2.24) is 24.5 Å². The number of imidazole rings is 1. The highest BCUT2D eigenvalue weighted by Crippen LogP contribution is 2.12. The van der Waals surface area contributed by atoms with Crippen LogP contribution in [0.25, 0.3) is 4.96 Å². The SMILES string of the molecule is CC(C)(C)NCc1ccn(Cc2cn3ccsc3n2)n1. The minimum atomic E-state index is 0.109. The zero-order valence-electron chi connectivity index (χ0n) is 12.0. The number of aromatic nitrogens is 4. The van der Waals surface area contributed by atoms with Crippen LogP contribution >= 0.6 is 11.3 Å². The molecule has 0 aliphatic heterocycles. The summed E-state index contributed by atoms with van der Waals surface area (Å²) in [6.45, 7) is 7.96. The molecule has 0 spiro atoms. The molecule has 3 rings (SSSR count). The van der Waals surface area contributed by atoms with Crippen LogP contribution in [0.3, 0.4) is 0 Å². The fourth-order valence-corrected chi connectivity index (χ4v) is 2.68. The van der Waals surface area contributed by atoms with Crippen molar-refractivity contribution in [3.63, 3.8) is 0 Å². The van der Waals surface area contributed by atoms with E-state index in [2.05, 4.69) is 48.4 Å². The van der Waals surface area contributed by atoms with Gasteiger partial charge in [0.25, 0.3) is 0 Å². The van der Waals surface area contributed by atoms with E-state index in [0.29, 0.717) is 6.54 Å². The number of thiazole rings is 1. The molecule has 1 N–H and O–H groups in total. The standard InChI is InChI=1S/C14H19N5S/c1-14(2,3)15-8-11-4-5-19(17-11)10-12-9-18-6-7-20-13(18)16-12/h4-7,9,15H,8,10H2,1-3H3. The number of hydrogen-bond donors (Lipinski definition) is 1. The monoisotopic (exact) mass is 289 g/mol. The van der Waals surface area contributed by atoms with Crippen molar-refractivity contribution in [3.8, 4) is 0 Å². The third-order valence-electron chi connectivity index (χ3n) is 2.96. The lowest BCUT2D eigenvalue weighted by Gasteiger charge is -2.19. The van der Waals surface area contributed by atoms with E-state index < -0.39 is 0 Å². The Kier molecular flexibility index (Phi) is 3.35. The topological polar surface area (TPSA) is 47.2 Å². The number of rotatable bonds is 4. The molecule has 3 aromatic heterocycles. The molecule has 0 amide bonds. The van der Waals surface area contributed by atoms with Gasteiger partial charge in [-0.2, -0.15) is 5.10 Å². The number of nitrogens with one attached hydrogen (secondary N) is 1. The summed E-state index contributed by atoms with van der Waals surface area (Å²) in [5, 5.41) is 10.0. The van der Waals surface area contributed by atoms with E-state index in [-0.39, 0.29) is 5.54 Å². The lowest BCUT2D eigenvalue weighted by Crippen LogP contribution is -2.35. The summed E-state index contributed by atoms with van der Waals surface area (Å²) < 4.78 is 3.98. The van der Waals surface area contributed by atoms with Crippen LogP contribution in [0.2, 0.25) is 0 Å². The van der Waals surface area contributed by atoms with Crippen LogP contribution in [-0.4, -0.2) is 24.7 Å². The van der Waals surface area contributed by atoms with Gasteiger partial charge in [0.05, 0.1) is 17.9 Å². The molecule has 0 aliphatic rings. The first-order valence-electron chi connectivity index (χ1n) is 6.68. The minimum absolute atomic E-state index is 0.109. The largest absolute Gasteiger partial charge is 0.306 e. The molecule has 0 unspecified atom stereocenters. The van der Waals surface area contributed by atoms with Crippen LogP contribution in [-0.2, 0) is 13.1 Å². The predicted octanol–water partition coefficient (Wildman–Crippen LogP) is 2.53. The lowest BCUT2D eigenvalue weighted by atomic mass is 10.1. The molecule has 0 fully saturated rings.